The molecular weight excluding hydrogens is 341 g/mol. The third kappa shape index (κ3) is 3.27. The summed E-state index contributed by atoms with van der Waals surface area (Å²) in [6.45, 7) is 0. The molecule has 0 aliphatic rings. The number of anilines is 1. The SMILES string of the molecule is COc1cc(NC(=O)c2ccc3cc(F)ccc3c2)c(C(=O)O)cc1O. The van der Waals surface area contributed by atoms with Crippen LogP contribution in [0, 0.1) is 5.82 Å². The average Bonchev–Trinajstić information content (AvgIpc) is 2.62. The molecular formula is C19H14FNO5. The highest BCUT2D eigenvalue weighted by Crippen LogP contribution is 2.32. The smallest absolute Gasteiger partial charge is 0.337 e. The van der Waals surface area contributed by atoms with E-state index >= 15 is 0 Å². The van der Waals surface area contributed by atoms with Gasteiger partial charge in [-0.1, -0.05) is 12.1 Å². The molecule has 3 rings (SSSR count). The summed E-state index contributed by atoms with van der Waals surface area (Å²) < 4.78 is 18.2. The number of hydrogen-bond donors (Lipinski definition) is 3. The lowest BCUT2D eigenvalue weighted by atomic mass is 10.1. The molecule has 26 heavy (non-hydrogen) atoms. The molecule has 0 atom stereocenters. The number of carboxylic acids is 1. The third-order valence-electron chi connectivity index (χ3n) is 3.86. The second-order valence-corrected chi connectivity index (χ2v) is 5.54. The van der Waals surface area contributed by atoms with Crippen molar-refractivity contribution in [3.8, 4) is 11.5 Å². The van der Waals surface area contributed by atoms with Gasteiger partial charge in [0.2, 0.25) is 0 Å². The number of carboxylic acid groups (broad SMARTS) is 1. The van der Waals surface area contributed by atoms with E-state index < -0.39 is 11.9 Å². The molecule has 0 bridgehead atoms. The maximum atomic E-state index is 13.2. The van der Waals surface area contributed by atoms with Gasteiger partial charge in [0, 0.05) is 17.7 Å². The van der Waals surface area contributed by atoms with Crippen LogP contribution in [0.25, 0.3) is 10.8 Å². The fraction of sp³-hybridized carbons (Fsp3) is 0.0526. The minimum atomic E-state index is -1.31. The number of rotatable bonds is 4. The topological polar surface area (TPSA) is 95.9 Å². The normalized spacial score (nSPS) is 10.5. The quantitative estimate of drug-likeness (QED) is 0.621. The minimum absolute atomic E-state index is 0.0173. The summed E-state index contributed by atoms with van der Waals surface area (Å²) in [7, 11) is 1.31. The van der Waals surface area contributed by atoms with Crippen molar-refractivity contribution in [2.75, 3.05) is 12.4 Å². The van der Waals surface area contributed by atoms with Crippen molar-refractivity contribution in [3.63, 3.8) is 0 Å². The number of benzene rings is 3. The molecule has 0 saturated carbocycles. The van der Waals surface area contributed by atoms with E-state index in [2.05, 4.69) is 5.32 Å². The van der Waals surface area contributed by atoms with Crippen LogP contribution in [-0.4, -0.2) is 29.2 Å². The molecule has 0 aliphatic carbocycles. The number of hydrogen-bond acceptors (Lipinski definition) is 4. The van der Waals surface area contributed by atoms with E-state index in [-0.39, 0.29) is 34.1 Å². The maximum Gasteiger partial charge on any atom is 0.337 e. The highest BCUT2D eigenvalue weighted by molar-refractivity contribution is 6.09. The number of aromatic hydroxyl groups is 1. The zero-order valence-electron chi connectivity index (χ0n) is 13.6. The standard InChI is InChI=1S/C19H14FNO5/c1-26-17-9-15(14(19(24)25)8-16(17)22)21-18(23)12-3-2-11-7-13(20)5-4-10(11)6-12/h2-9,22H,1H3,(H,21,23)(H,24,25). The van der Waals surface area contributed by atoms with E-state index in [1.807, 2.05) is 0 Å². The summed E-state index contributed by atoms with van der Waals surface area (Å²) in [5, 5.41) is 22.8. The summed E-state index contributed by atoms with van der Waals surface area (Å²) in [6.07, 6.45) is 0. The molecule has 3 N–H and O–H groups in total. The van der Waals surface area contributed by atoms with Crippen molar-refractivity contribution < 1.29 is 28.9 Å². The number of phenolic OH excluding ortho intramolecular Hbond substituents is 1. The largest absolute Gasteiger partial charge is 0.504 e. The number of nitrogens with one attached hydrogen (secondary N) is 1. The molecule has 0 aliphatic heterocycles. The highest BCUT2D eigenvalue weighted by Gasteiger charge is 2.18. The molecule has 132 valence electrons. The fourth-order valence-electron chi connectivity index (χ4n) is 2.56. The van der Waals surface area contributed by atoms with Crippen molar-refractivity contribution in [1.29, 1.82) is 0 Å². The van der Waals surface area contributed by atoms with Crippen LogP contribution >= 0.6 is 0 Å². The molecule has 6 nitrogen and oxygen atoms in total. The number of aromatic carboxylic acids is 1. The van der Waals surface area contributed by atoms with Gasteiger partial charge in [0.25, 0.3) is 5.91 Å². The first-order chi connectivity index (χ1) is 12.4. The Kier molecular flexibility index (Phi) is 4.45. The van der Waals surface area contributed by atoms with Gasteiger partial charge in [-0.05, 0) is 35.0 Å². The molecule has 0 heterocycles. The second-order valence-electron chi connectivity index (χ2n) is 5.54. The second kappa shape index (κ2) is 6.72. The Hall–Kier alpha value is -3.61. The number of fused-ring (bicyclic) bond motifs is 1. The van der Waals surface area contributed by atoms with Gasteiger partial charge in [0.1, 0.15) is 5.82 Å². The summed E-state index contributed by atoms with van der Waals surface area (Å²) in [4.78, 5) is 23.9. The Morgan fingerprint density at radius 1 is 1.04 bits per heavy atom. The summed E-state index contributed by atoms with van der Waals surface area (Å²) in [5.74, 6) is -2.56. The van der Waals surface area contributed by atoms with Gasteiger partial charge in [-0.15, -0.1) is 0 Å². The van der Waals surface area contributed by atoms with E-state index in [0.717, 1.165) is 6.07 Å². The van der Waals surface area contributed by atoms with E-state index in [0.29, 0.717) is 10.8 Å². The number of carbonyl (C=O) groups excluding carboxylic acids is 1. The van der Waals surface area contributed by atoms with Crippen molar-refractivity contribution >= 4 is 28.3 Å². The summed E-state index contributed by atoms with van der Waals surface area (Å²) in [5.41, 5.74) is -0.0247. The highest BCUT2D eigenvalue weighted by atomic mass is 19.1. The average molecular weight is 355 g/mol. The molecule has 3 aromatic rings. The molecule has 0 unspecified atom stereocenters. The number of phenols is 1. The summed E-state index contributed by atoms with van der Waals surface area (Å²) >= 11 is 0. The van der Waals surface area contributed by atoms with E-state index in [1.54, 1.807) is 18.2 Å². The van der Waals surface area contributed by atoms with Gasteiger partial charge >= 0.3 is 5.97 Å². The predicted molar refractivity (Wildman–Crippen MR) is 93.5 cm³/mol. The van der Waals surface area contributed by atoms with Crippen LogP contribution in [0.1, 0.15) is 20.7 Å². The zero-order valence-corrected chi connectivity index (χ0v) is 13.6. The molecule has 0 saturated heterocycles. The Balaban J connectivity index is 1.97. The van der Waals surface area contributed by atoms with Crippen LogP contribution < -0.4 is 10.1 Å². The lowest BCUT2D eigenvalue weighted by Crippen LogP contribution is -2.15. The molecule has 1 amide bonds. The first-order valence-electron chi connectivity index (χ1n) is 7.54. The zero-order chi connectivity index (χ0) is 18.8. The predicted octanol–water partition coefficient (Wildman–Crippen LogP) is 3.64. The first kappa shape index (κ1) is 17.2. The monoisotopic (exact) mass is 355 g/mol. The van der Waals surface area contributed by atoms with Gasteiger partial charge in [0.05, 0.1) is 18.4 Å². The maximum absolute atomic E-state index is 13.2. The van der Waals surface area contributed by atoms with E-state index in [4.69, 9.17) is 4.74 Å². The third-order valence-corrected chi connectivity index (χ3v) is 3.86. The molecule has 0 spiro atoms. The fourth-order valence-corrected chi connectivity index (χ4v) is 2.56. The lowest BCUT2D eigenvalue weighted by molar-refractivity contribution is 0.0697. The molecule has 3 aromatic carbocycles. The van der Waals surface area contributed by atoms with Gasteiger partial charge in [-0.25, -0.2) is 9.18 Å². The van der Waals surface area contributed by atoms with Crippen LogP contribution in [0.2, 0.25) is 0 Å². The van der Waals surface area contributed by atoms with E-state index in [9.17, 15) is 24.2 Å². The van der Waals surface area contributed by atoms with Crippen LogP contribution in [0.3, 0.4) is 0 Å². The van der Waals surface area contributed by atoms with Crippen LogP contribution in [0.15, 0.2) is 48.5 Å². The molecule has 0 radical (unpaired) electrons. The van der Waals surface area contributed by atoms with Crippen LogP contribution in [0.5, 0.6) is 11.5 Å². The number of carbonyl (C=O) groups is 2. The van der Waals surface area contributed by atoms with Crippen LogP contribution in [0.4, 0.5) is 10.1 Å². The number of ether oxygens (including phenoxy) is 1. The first-order valence-corrected chi connectivity index (χ1v) is 7.54. The van der Waals surface area contributed by atoms with Crippen molar-refractivity contribution in [2.24, 2.45) is 0 Å². The Labute approximate surface area is 147 Å². The van der Waals surface area contributed by atoms with Gasteiger partial charge < -0.3 is 20.3 Å². The number of amides is 1. The van der Waals surface area contributed by atoms with E-state index in [1.165, 1.54) is 31.4 Å². The van der Waals surface area contributed by atoms with Crippen molar-refractivity contribution in [2.45, 2.75) is 0 Å². The number of methoxy groups -OCH3 is 1. The summed E-state index contributed by atoms with van der Waals surface area (Å²) in [6, 6.07) is 11.1. The lowest BCUT2D eigenvalue weighted by Gasteiger charge is -2.12. The number of halogens is 1. The molecule has 7 heteroatoms. The van der Waals surface area contributed by atoms with Gasteiger partial charge in [-0.2, -0.15) is 0 Å². The molecule has 0 fully saturated rings. The van der Waals surface area contributed by atoms with Crippen LogP contribution in [-0.2, 0) is 0 Å². The Morgan fingerprint density at radius 3 is 2.42 bits per heavy atom. The van der Waals surface area contributed by atoms with Crippen molar-refractivity contribution in [3.05, 3.63) is 65.5 Å². The Bertz CT molecular complexity index is 1030. The molecule has 0 aromatic heterocycles. The van der Waals surface area contributed by atoms with Gasteiger partial charge in [-0.3, -0.25) is 4.79 Å². The Morgan fingerprint density at radius 2 is 1.73 bits per heavy atom. The minimum Gasteiger partial charge on any atom is -0.504 e. The van der Waals surface area contributed by atoms with Gasteiger partial charge in [0.15, 0.2) is 11.5 Å². The van der Waals surface area contributed by atoms with Crippen molar-refractivity contribution in [1.82, 2.24) is 0 Å².